The van der Waals surface area contributed by atoms with E-state index in [1.165, 1.54) is 31.1 Å². The number of nitrogens with zero attached hydrogens (tertiary/aromatic N) is 2. The molecule has 0 fully saturated rings. The summed E-state index contributed by atoms with van der Waals surface area (Å²) in [5, 5.41) is 52.1. The van der Waals surface area contributed by atoms with Crippen LogP contribution in [0.3, 0.4) is 0 Å². The minimum absolute atomic E-state index is 0.160. The molecule has 1 aromatic carbocycles. The zero-order chi connectivity index (χ0) is 28.4. The van der Waals surface area contributed by atoms with Crippen LogP contribution in [-0.2, 0) is 19.1 Å². The van der Waals surface area contributed by atoms with E-state index in [0.717, 1.165) is 6.92 Å². The van der Waals surface area contributed by atoms with Crippen molar-refractivity contribution in [2.24, 2.45) is 22.6 Å². The molecule has 3 aliphatic rings. The number of aliphatic hydroxyl groups is 3. The standard InChI is InChI=1S/C25H26N4O9/c1-8-10-5-6-11(28-7-26)18(31)13(10)19(32)14-12(8)21(38-9(2)30)16-17(29(3)4)20(33)15(24(27)36)23(35)25(16,37)22(14)34/h5-6,8,12,16-17,21,26,31,33-34,37H,1-4H3,(H2,27,36)/t8-,12+,16+,17-,21-,25-/m0/s1. The van der Waals surface area contributed by atoms with Crippen molar-refractivity contribution in [3.05, 3.63) is 45.9 Å². The van der Waals surface area contributed by atoms with Crippen LogP contribution < -0.4 is 5.73 Å². The number of carbonyl (C=O) groups is 4. The van der Waals surface area contributed by atoms with Gasteiger partial charge in [0.2, 0.25) is 5.78 Å². The second-order valence-electron chi connectivity index (χ2n) is 9.76. The molecule has 1 amide bonds. The molecule has 13 heteroatoms. The lowest BCUT2D eigenvalue weighted by Gasteiger charge is -2.54. The molecule has 0 aromatic heterocycles. The molecule has 0 saturated heterocycles. The van der Waals surface area contributed by atoms with E-state index in [-0.39, 0.29) is 11.3 Å². The Labute approximate surface area is 216 Å². The number of nitrogens with one attached hydrogen (secondary N) is 1. The number of aliphatic hydroxyl groups excluding tert-OH is 2. The lowest BCUT2D eigenvalue weighted by Crippen LogP contribution is -2.69. The number of ether oxygens (including phenoxy) is 1. The number of hydrogen-bond acceptors (Lipinski definition) is 12. The normalized spacial score (nSPS) is 30.3. The Morgan fingerprint density at radius 1 is 1.21 bits per heavy atom. The van der Waals surface area contributed by atoms with Crippen LogP contribution in [0, 0.1) is 17.2 Å². The number of phenolic OH excluding ortho intramolecular Hbond substituents is 1. The van der Waals surface area contributed by atoms with E-state index in [1.54, 1.807) is 12.9 Å². The summed E-state index contributed by atoms with van der Waals surface area (Å²) in [6.45, 7) is 2.70. The third-order valence-corrected chi connectivity index (χ3v) is 7.56. The highest BCUT2D eigenvalue weighted by Gasteiger charge is 2.68. The first kappa shape index (κ1) is 26.7. The highest BCUT2D eigenvalue weighted by molar-refractivity contribution is 6.25. The Kier molecular flexibility index (Phi) is 6.27. The molecular weight excluding hydrogens is 500 g/mol. The molecule has 0 unspecified atom stereocenters. The van der Waals surface area contributed by atoms with Crippen LogP contribution in [0.1, 0.15) is 35.7 Å². The lowest BCUT2D eigenvalue weighted by molar-refractivity contribution is -0.179. The number of rotatable bonds is 4. The number of phenols is 1. The number of likely N-dealkylation sites (N-methyl/N-ethyl adjacent to an activating group) is 1. The predicted molar refractivity (Wildman–Crippen MR) is 129 cm³/mol. The Morgan fingerprint density at radius 2 is 1.84 bits per heavy atom. The quantitative estimate of drug-likeness (QED) is 0.182. The Bertz CT molecular complexity index is 1420. The van der Waals surface area contributed by atoms with Crippen molar-refractivity contribution >= 4 is 35.1 Å². The van der Waals surface area contributed by atoms with Crippen LogP contribution in [0.25, 0.3) is 0 Å². The van der Waals surface area contributed by atoms with Gasteiger partial charge >= 0.3 is 5.97 Å². The molecule has 200 valence electrons. The summed E-state index contributed by atoms with van der Waals surface area (Å²) in [5.74, 6) is -10.6. The average molecular weight is 527 g/mol. The number of ketones is 2. The number of fused-ring (bicyclic) bond motifs is 3. The Morgan fingerprint density at radius 3 is 2.37 bits per heavy atom. The number of esters is 1. The van der Waals surface area contributed by atoms with Gasteiger partial charge in [0.1, 0.15) is 28.9 Å². The third-order valence-electron chi connectivity index (χ3n) is 7.56. The fraction of sp³-hybridized carbons (Fsp3) is 0.400. The summed E-state index contributed by atoms with van der Waals surface area (Å²) in [5.41, 5.74) is 0.677. The van der Waals surface area contributed by atoms with E-state index >= 15 is 0 Å². The fourth-order valence-corrected chi connectivity index (χ4v) is 6.07. The first-order valence-electron chi connectivity index (χ1n) is 11.5. The smallest absolute Gasteiger partial charge is 0.302 e. The SMILES string of the molecule is CC(=O)O[C@H]1[C@H]2C(=C(O)[C@]3(O)C(=O)C(C(N)=O)=C(O)[C@@H](N(C)C)[C@H]13)C(=O)c1c(ccc(N=C=N)c1O)[C@@H]2C. The van der Waals surface area contributed by atoms with Gasteiger partial charge in [0, 0.05) is 18.4 Å². The van der Waals surface area contributed by atoms with Crippen molar-refractivity contribution in [3.8, 4) is 5.75 Å². The van der Waals surface area contributed by atoms with Crippen LogP contribution in [0.2, 0.25) is 0 Å². The number of amides is 1. The van der Waals surface area contributed by atoms with E-state index in [1.807, 2.05) is 0 Å². The topological polar surface area (TPSA) is 224 Å². The first-order chi connectivity index (χ1) is 17.7. The number of carbonyl (C=O) groups excluding carboxylic acids is 4. The summed E-state index contributed by atoms with van der Waals surface area (Å²) in [4.78, 5) is 56.7. The van der Waals surface area contributed by atoms with Gasteiger partial charge in [-0.3, -0.25) is 24.1 Å². The number of aromatic hydroxyl groups is 1. The molecule has 0 heterocycles. The van der Waals surface area contributed by atoms with E-state index in [0.29, 0.717) is 5.56 Å². The van der Waals surface area contributed by atoms with Crippen LogP contribution in [0.4, 0.5) is 5.69 Å². The maximum absolute atomic E-state index is 13.8. The van der Waals surface area contributed by atoms with Gasteiger partial charge in [-0.1, -0.05) is 13.0 Å². The summed E-state index contributed by atoms with van der Waals surface area (Å²) in [6.07, 6.45) is -1.47. The van der Waals surface area contributed by atoms with E-state index < -0.39 is 87.4 Å². The fourth-order valence-electron chi connectivity index (χ4n) is 6.07. The van der Waals surface area contributed by atoms with Crippen molar-refractivity contribution in [2.45, 2.75) is 37.5 Å². The maximum atomic E-state index is 13.8. The third kappa shape index (κ3) is 3.40. The minimum atomic E-state index is -3.01. The van der Waals surface area contributed by atoms with E-state index in [4.69, 9.17) is 15.9 Å². The molecule has 6 atom stereocenters. The molecule has 0 radical (unpaired) electrons. The van der Waals surface area contributed by atoms with Crippen molar-refractivity contribution in [3.63, 3.8) is 0 Å². The van der Waals surface area contributed by atoms with Gasteiger partial charge in [-0.2, -0.15) is 4.99 Å². The average Bonchev–Trinajstić information content (AvgIpc) is 2.81. The molecule has 4 rings (SSSR count). The number of hydrogen-bond donors (Lipinski definition) is 6. The molecule has 38 heavy (non-hydrogen) atoms. The van der Waals surface area contributed by atoms with Gasteiger partial charge in [0.25, 0.3) is 5.91 Å². The van der Waals surface area contributed by atoms with E-state index in [2.05, 4.69) is 4.99 Å². The molecular formula is C25H26N4O9. The summed E-state index contributed by atoms with van der Waals surface area (Å²) in [7, 11) is 2.93. The van der Waals surface area contributed by atoms with Crippen molar-refractivity contribution < 1.29 is 44.3 Å². The molecule has 0 saturated carbocycles. The number of nitrogens with two attached hydrogens (primary N) is 1. The number of primary amides is 1. The summed E-state index contributed by atoms with van der Waals surface area (Å²) >= 11 is 0. The minimum Gasteiger partial charge on any atom is -0.510 e. The van der Waals surface area contributed by atoms with Gasteiger partial charge in [-0.25, -0.2) is 5.41 Å². The van der Waals surface area contributed by atoms with Gasteiger partial charge in [0.15, 0.2) is 17.1 Å². The van der Waals surface area contributed by atoms with Gasteiger partial charge < -0.3 is 30.9 Å². The first-order valence-corrected chi connectivity index (χ1v) is 11.5. The highest BCUT2D eigenvalue weighted by atomic mass is 16.5. The van der Waals surface area contributed by atoms with Crippen LogP contribution in [0.5, 0.6) is 5.75 Å². The molecule has 1 aromatic rings. The Balaban J connectivity index is 2.12. The molecule has 13 nitrogen and oxygen atoms in total. The zero-order valence-electron chi connectivity index (χ0n) is 20.8. The van der Waals surface area contributed by atoms with Gasteiger partial charge in [-0.15, -0.1) is 0 Å². The molecule has 0 spiro atoms. The van der Waals surface area contributed by atoms with Crippen LogP contribution in [-0.4, -0.2) is 86.6 Å². The van der Waals surface area contributed by atoms with Crippen LogP contribution in [0.15, 0.2) is 39.8 Å². The number of benzene rings is 1. The summed E-state index contributed by atoms with van der Waals surface area (Å²) in [6, 6.07) is 3.24. The summed E-state index contributed by atoms with van der Waals surface area (Å²) < 4.78 is 5.60. The second-order valence-corrected chi connectivity index (χ2v) is 9.76. The van der Waals surface area contributed by atoms with Crippen molar-refractivity contribution in [1.82, 2.24) is 4.90 Å². The lowest BCUT2D eigenvalue weighted by atomic mass is 9.55. The van der Waals surface area contributed by atoms with Gasteiger partial charge in [-0.05, 0) is 31.6 Å². The molecule has 0 bridgehead atoms. The second kappa shape index (κ2) is 8.91. The van der Waals surface area contributed by atoms with Crippen molar-refractivity contribution in [2.75, 3.05) is 14.1 Å². The van der Waals surface area contributed by atoms with Crippen molar-refractivity contribution in [1.29, 1.82) is 5.41 Å². The number of Topliss-reactive ketones (excluding diaryl/α,β-unsaturated/α-hetero) is 2. The largest absolute Gasteiger partial charge is 0.510 e. The molecule has 3 aliphatic carbocycles. The van der Waals surface area contributed by atoms with E-state index in [9.17, 15) is 39.6 Å². The molecule has 0 aliphatic heterocycles. The maximum Gasteiger partial charge on any atom is 0.302 e. The zero-order valence-corrected chi connectivity index (χ0v) is 20.8. The van der Waals surface area contributed by atoms with Gasteiger partial charge in [0.05, 0.1) is 23.5 Å². The Hall–Kier alpha value is -4.32. The highest BCUT2D eigenvalue weighted by Crippen LogP contribution is 2.57. The van der Waals surface area contributed by atoms with Crippen LogP contribution >= 0.6 is 0 Å². The number of aliphatic imine (C=N–C) groups is 1. The monoisotopic (exact) mass is 526 g/mol. The molecule has 7 N–H and O–H groups in total. The predicted octanol–water partition coefficient (Wildman–Crippen LogP) is 0.607.